The van der Waals surface area contributed by atoms with Crippen LogP contribution >= 0.6 is 0 Å². The second-order valence-corrected chi connectivity index (χ2v) is 6.79. The van der Waals surface area contributed by atoms with Gasteiger partial charge in [0.15, 0.2) is 0 Å². The Morgan fingerprint density at radius 3 is 2.35 bits per heavy atom. The van der Waals surface area contributed by atoms with Gasteiger partial charge in [0.05, 0.1) is 0 Å². The predicted octanol–water partition coefficient (Wildman–Crippen LogP) is 2.81. The van der Waals surface area contributed by atoms with Gasteiger partial charge in [-0.3, -0.25) is 0 Å². The summed E-state index contributed by atoms with van der Waals surface area (Å²) in [5.41, 5.74) is 3.93. The van der Waals surface area contributed by atoms with E-state index in [9.17, 15) is 0 Å². The molecule has 0 unspecified atom stereocenters. The van der Waals surface area contributed by atoms with Gasteiger partial charge in [-0.05, 0) is 0 Å². The zero-order chi connectivity index (χ0) is 12.3. The van der Waals surface area contributed by atoms with Crippen molar-refractivity contribution in [2.24, 2.45) is 0 Å². The number of benzene rings is 1. The molecule has 0 spiro atoms. The third-order valence-electron chi connectivity index (χ3n) is 2.63. The molecule has 0 saturated heterocycles. The number of ether oxygens (including phenoxy) is 1. The zero-order valence-corrected chi connectivity index (χ0v) is 13.2. The van der Waals surface area contributed by atoms with Crippen molar-refractivity contribution in [3.63, 3.8) is 0 Å². The van der Waals surface area contributed by atoms with E-state index >= 15 is 0 Å². The summed E-state index contributed by atoms with van der Waals surface area (Å²) in [7, 11) is 1.73. The van der Waals surface area contributed by atoms with Gasteiger partial charge in [-0.2, -0.15) is 0 Å². The topological polar surface area (TPSA) is 14.2 Å². The van der Waals surface area contributed by atoms with Crippen molar-refractivity contribution in [2.45, 2.75) is 13.8 Å². The maximum atomic E-state index is 5.36. The first-order valence-corrected chi connectivity index (χ1v) is 8.51. The summed E-state index contributed by atoms with van der Waals surface area (Å²) < 4.78 is 10.2. The average molecular weight is 398 g/mol. The number of aryl methyl sites for hydroxylation is 2. The molecule has 3 heteroatoms. The van der Waals surface area contributed by atoms with Crippen molar-refractivity contribution in [2.75, 3.05) is 7.11 Å². The second-order valence-electron chi connectivity index (χ2n) is 3.88. The van der Waals surface area contributed by atoms with Gasteiger partial charge in [-0.1, -0.05) is 0 Å². The molecule has 1 heterocycles. The fourth-order valence-electron chi connectivity index (χ4n) is 1.69. The van der Waals surface area contributed by atoms with Crippen molar-refractivity contribution in [1.29, 1.82) is 0 Å². The molecule has 0 aliphatic rings. The van der Waals surface area contributed by atoms with E-state index in [2.05, 4.69) is 45.6 Å². The molecule has 0 bridgehead atoms. The van der Waals surface area contributed by atoms with Crippen LogP contribution in [-0.4, -0.2) is 14.6 Å². The summed E-state index contributed by atoms with van der Waals surface area (Å²) >= 11 is -0.709. The Morgan fingerprint density at radius 1 is 1.06 bits per heavy atom. The van der Waals surface area contributed by atoms with E-state index in [1.54, 1.807) is 7.11 Å². The Bertz CT molecular complexity index is 523. The van der Waals surface area contributed by atoms with Crippen LogP contribution in [0.3, 0.4) is 0 Å². The SMILES string of the molecule is COc1ccccc1[CH]=[W][n]1c(C)ccc1C. The van der Waals surface area contributed by atoms with Crippen LogP contribution in [0, 0.1) is 13.8 Å². The number of para-hydroxylation sites is 1. The number of methoxy groups -OCH3 is 1. The van der Waals surface area contributed by atoms with Gasteiger partial charge in [0, 0.05) is 0 Å². The number of aromatic nitrogens is 1. The molecule has 0 amide bonds. The number of hydrogen-bond donors (Lipinski definition) is 0. The molecular weight excluding hydrogens is 382 g/mol. The molecule has 17 heavy (non-hydrogen) atoms. The molecule has 0 saturated carbocycles. The molecule has 0 radical (unpaired) electrons. The van der Waals surface area contributed by atoms with Gasteiger partial charge in [0.25, 0.3) is 0 Å². The molecule has 0 aliphatic carbocycles. The predicted molar refractivity (Wildman–Crippen MR) is 67.5 cm³/mol. The molecule has 1 aromatic carbocycles. The van der Waals surface area contributed by atoms with Crippen LogP contribution in [0.15, 0.2) is 36.4 Å². The first-order chi connectivity index (χ1) is 8.22. The molecule has 2 rings (SSSR count). The van der Waals surface area contributed by atoms with Crippen LogP contribution in [0.4, 0.5) is 0 Å². The number of nitrogens with zero attached hydrogens (tertiary/aromatic N) is 1. The van der Waals surface area contributed by atoms with E-state index < -0.39 is 18.4 Å². The van der Waals surface area contributed by atoms with Crippen LogP contribution < -0.4 is 4.74 Å². The van der Waals surface area contributed by atoms with Gasteiger partial charge < -0.3 is 0 Å². The Kier molecular flexibility index (Phi) is 3.96. The molecule has 1 aromatic heterocycles. The summed E-state index contributed by atoms with van der Waals surface area (Å²) in [5.74, 6) is 0.968. The Hall–Kier alpha value is -1.14. The summed E-state index contributed by atoms with van der Waals surface area (Å²) in [6.07, 6.45) is 0. The van der Waals surface area contributed by atoms with E-state index in [0.717, 1.165) is 5.75 Å². The van der Waals surface area contributed by atoms with E-state index in [4.69, 9.17) is 4.74 Å². The van der Waals surface area contributed by atoms with E-state index in [1.165, 1.54) is 17.0 Å². The molecule has 0 N–H and O–H groups in total. The third kappa shape index (κ3) is 2.76. The Morgan fingerprint density at radius 2 is 1.71 bits per heavy atom. The monoisotopic (exact) mass is 398 g/mol. The van der Waals surface area contributed by atoms with Gasteiger partial charge in [-0.15, -0.1) is 0 Å². The molecule has 89 valence electrons. The fraction of sp³-hybridized carbons (Fsp3) is 0.214. The summed E-state index contributed by atoms with van der Waals surface area (Å²) in [5, 5.41) is 0. The van der Waals surface area contributed by atoms with Crippen LogP contribution in [0.1, 0.15) is 17.0 Å². The van der Waals surface area contributed by atoms with Crippen molar-refractivity contribution >= 4 is 4.40 Å². The van der Waals surface area contributed by atoms with Crippen molar-refractivity contribution in [3.8, 4) is 5.75 Å². The van der Waals surface area contributed by atoms with Gasteiger partial charge in [0.1, 0.15) is 0 Å². The quantitative estimate of drug-likeness (QED) is 0.776. The average Bonchev–Trinajstić information content (AvgIpc) is 2.67. The maximum absolute atomic E-state index is 5.36. The number of hydrogen-bond acceptors (Lipinski definition) is 1. The van der Waals surface area contributed by atoms with Crippen LogP contribution in [0.2, 0.25) is 0 Å². The second kappa shape index (κ2) is 5.46. The van der Waals surface area contributed by atoms with Crippen molar-refractivity contribution in [1.82, 2.24) is 3.13 Å². The molecule has 0 atom stereocenters. The minimum absolute atomic E-state index is 0.709. The fourth-order valence-corrected chi connectivity index (χ4v) is 4.81. The first-order valence-electron chi connectivity index (χ1n) is 5.50. The molecule has 0 aliphatic heterocycles. The van der Waals surface area contributed by atoms with E-state index in [1.807, 2.05) is 12.1 Å². The Labute approximate surface area is 111 Å². The van der Waals surface area contributed by atoms with Crippen LogP contribution in [0.25, 0.3) is 0 Å². The van der Waals surface area contributed by atoms with Crippen LogP contribution in [-0.2, 0) is 18.4 Å². The standard InChI is InChI=1S/C8H8O.C6H8N.W/c1-7-5-3-4-6-8(7)9-2;1-5-3-4-6(2)7-5;/h1,3-6H,2H3;3-4H,1-2H3;/q;-1;+1. The first kappa shape index (κ1) is 12.3. The minimum atomic E-state index is -0.709. The molecular formula is C14H16NOW. The summed E-state index contributed by atoms with van der Waals surface area (Å²) in [6, 6.07) is 12.6. The van der Waals surface area contributed by atoms with Crippen LogP contribution in [0.5, 0.6) is 5.75 Å². The summed E-state index contributed by atoms with van der Waals surface area (Å²) in [4.78, 5) is 0. The van der Waals surface area contributed by atoms with Gasteiger partial charge >= 0.3 is 111 Å². The van der Waals surface area contributed by atoms with Crippen molar-refractivity contribution in [3.05, 3.63) is 53.3 Å². The normalized spacial score (nSPS) is 11.0. The van der Waals surface area contributed by atoms with E-state index in [0.29, 0.717) is 0 Å². The molecule has 0 fully saturated rings. The van der Waals surface area contributed by atoms with E-state index in [-0.39, 0.29) is 0 Å². The van der Waals surface area contributed by atoms with Gasteiger partial charge in [0.2, 0.25) is 0 Å². The molecule has 2 nitrogen and oxygen atoms in total. The molecule has 2 aromatic rings. The van der Waals surface area contributed by atoms with Crippen molar-refractivity contribution < 1.29 is 23.1 Å². The van der Waals surface area contributed by atoms with Gasteiger partial charge in [-0.25, -0.2) is 0 Å². The number of rotatable bonds is 3. The Balaban J connectivity index is 2.32. The third-order valence-corrected chi connectivity index (χ3v) is 6.75. The zero-order valence-electron chi connectivity index (χ0n) is 10.3. The summed E-state index contributed by atoms with van der Waals surface area (Å²) in [6.45, 7) is 4.34.